The first-order valence-corrected chi connectivity index (χ1v) is 6.30. The number of phenols is 1. The second-order valence-corrected chi connectivity index (χ2v) is 4.47. The number of hydrogen-bond donors (Lipinski definition) is 2. The molecule has 0 heterocycles. The Bertz CT molecular complexity index is 677. The van der Waals surface area contributed by atoms with Crippen LogP contribution in [0.4, 0.5) is 5.69 Å². The van der Waals surface area contributed by atoms with Gasteiger partial charge in [0, 0.05) is 11.3 Å². The van der Waals surface area contributed by atoms with E-state index < -0.39 is 0 Å². The number of hydrogen-bond acceptors (Lipinski definition) is 4. The second-order valence-electron chi connectivity index (χ2n) is 4.47. The molecule has 0 spiro atoms. The number of carbonyl (C=O) groups is 2. The van der Waals surface area contributed by atoms with Gasteiger partial charge in [-0.3, -0.25) is 9.59 Å². The number of carbonyl (C=O) groups excluding carboxylic acids is 2. The molecule has 0 unspecified atom stereocenters. The van der Waals surface area contributed by atoms with Crippen molar-refractivity contribution in [2.45, 2.75) is 6.92 Å². The van der Waals surface area contributed by atoms with Crippen LogP contribution in [0, 0.1) is 0 Å². The molecule has 0 aliphatic heterocycles. The fraction of sp³-hybridized carbons (Fsp3) is 0.125. The van der Waals surface area contributed by atoms with Gasteiger partial charge in [-0.2, -0.15) is 0 Å². The van der Waals surface area contributed by atoms with Gasteiger partial charge in [0.2, 0.25) is 0 Å². The number of anilines is 1. The first-order chi connectivity index (χ1) is 10.0. The zero-order valence-electron chi connectivity index (χ0n) is 11.7. The summed E-state index contributed by atoms with van der Waals surface area (Å²) < 4.78 is 5.03. The molecule has 21 heavy (non-hydrogen) atoms. The molecule has 0 bridgehead atoms. The highest BCUT2D eigenvalue weighted by Gasteiger charge is 2.10. The van der Waals surface area contributed by atoms with Crippen molar-refractivity contribution < 1.29 is 19.4 Å². The van der Waals surface area contributed by atoms with Crippen molar-refractivity contribution in [1.29, 1.82) is 0 Å². The fourth-order valence-electron chi connectivity index (χ4n) is 1.84. The molecule has 0 radical (unpaired) electrons. The highest BCUT2D eigenvalue weighted by Crippen LogP contribution is 2.22. The molecule has 0 saturated heterocycles. The fourth-order valence-corrected chi connectivity index (χ4v) is 1.84. The molecule has 108 valence electrons. The highest BCUT2D eigenvalue weighted by molar-refractivity contribution is 6.05. The van der Waals surface area contributed by atoms with E-state index in [9.17, 15) is 14.7 Å². The van der Waals surface area contributed by atoms with Crippen molar-refractivity contribution in [3.63, 3.8) is 0 Å². The number of nitrogens with one attached hydrogen (secondary N) is 1. The van der Waals surface area contributed by atoms with Crippen LogP contribution in [-0.4, -0.2) is 23.9 Å². The van der Waals surface area contributed by atoms with E-state index in [1.54, 1.807) is 31.4 Å². The minimum Gasteiger partial charge on any atom is -0.507 e. The highest BCUT2D eigenvalue weighted by atomic mass is 16.5. The Labute approximate surface area is 122 Å². The lowest BCUT2D eigenvalue weighted by Crippen LogP contribution is -2.12. The Morgan fingerprint density at radius 1 is 1.10 bits per heavy atom. The summed E-state index contributed by atoms with van der Waals surface area (Å²) in [6, 6.07) is 11.0. The molecule has 0 fully saturated rings. The number of aromatic hydroxyl groups is 1. The molecule has 0 saturated carbocycles. The number of methoxy groups -OCH3 is 1. The third-order valence-corrected chi connectivity index (χ3v) is 2.99. The van der Waals surface area contributed by atoms with Gasteiger partial charge in [-0.05, 0) is 49.4 Å². The molecule has 1 amide bonds. The number of ether oxygens (including phenoxy) is 1. The average molecular weight is 285 g/mol. The second kappa shape index (κ2) is 6.09. The molecular formula is C16H15NO4. The van der Waals surface area contributed by atoms with Crippen LogP contribution in [0.2, 0.25) is 0 Å². The maximum atomic E-state index is 12.1. The van der Waals surface area contributed by atoms with Gasteiger partial charge in [0.1, 0.15) is 11.5 Å². The summed E-state index contributed by atoms with van der Waals surface area (Å²) in [6.07, 6.45) is 0. The zero-order valence-corrected chi connectivity index (χ0v) is 11.7. The standard InChI is InChI=1S/C16H15NO4/c1-10(18)14-9-12(5-8-15(14)19)17-16(20)11-3-6-13(21-2)7-4-11/h3-9,19H,1-2H3,(H,17,20). The number of rotatable bonds is 4. The molecule has 0 aliphatic rings. The van der Waals surface area contributed by atoms with Crippen LogP contribution in [0.25, 0.3) is 0 Å². The van der Waals surface area contributed by atoms with Crippen LogP contribution >= 0.6 is 0 Å². The maximum absolute atomic E-state index is 12.1. The van der Waals surface area contributed by atoms with E-state index in [2.05, 4.69) is 5.32 Å². The van der Waals surface area contributed by atoms with Gasteiger partial charge in [-0.15, -0.1) is 0 Å². The first kappa shape index (κ1) is 14.6. The number of ketones is 1. The predicted molar refractivity (Wildman–Crippen MR) is 79.1 cm³/mol. The Balaban J connectivity index is 2.19. The normalized spacial score (nSPS) is 10.0. The SMILES string of the molecule is COc1ccc(C(=O)Nc2ccc(O)c(C(C)=O)c2)cc1. The Kier molecular flexibility index (Phi) is 4.23. The van der Waals surface area contributed by atoms with E-state index in [0.717, 1.165) is 0 Å². The van der Waals surface area contributed by atoms with Gasteiger partial charge in [0.25, 0.3) is 5.91 Å². The minimum atomic E-state index is -0.308. The van der Waals surface area contributed by atoms with Crippen LogP contribution in [0.1, 0.15) is 27.6 Å². The van der Waals surface area contributed by atoms with Gasteiger partial charge in [0.15, 0.2) is 5.78 Å². The third-order valence-electron chi connectivity index (χ3n) is 2.99. The summed E-state index contributed by atoms with van der Waals surface area (Å²) in [5.41, 5.74) is 1.08. The van der Waals surface area contributed by atoms with Crippen LogP contribution in [-0.2, 0) is 0 Å². The van der Waals surface area contributed by atoms with Crippen LogP contribution in [0.3, 0.4) is 0 Å². The van der Waals surface area contributed by atoms with Crippen LogP contribution in [0.5, 0.6) is 11.5 Å². The third kappa shape index (κ3) is 3.39. The lowest BCUT2D eigenvalue weighted by atomic mass is 10.1. The van der Waals surface area contributed by atoms with Crippen molar-refractivity contribution in [1.82, 2.24) is 0 Å². The molecule has 0 aromatic heterocycles. The molecule has 2 N–H and O–H groups in total. The Morgan fingerprint density at radius 2 is 1.76 bits per heavy atom. The van der Waals surface area contributed by atoms with Gasteiger partial charge >= 0.3 is 0 Å². The van der Waals surface area contributed by atoms with Gasteiger partial charge < -0.3 is 15.2 Å². The van der Waals surface area contributed by atoms with Crippen LogP contribution < -0.4 is 10.1 Å². The molecule has 5 nitrogen and oxygen atoms in total. The monoisotopic (exact) mass is 285 g/mol. The minimum absolute atomic E-state index is 0.107. The molecule has 2 aromatic carbocycles. The largest absolute Gasteiger partial charge is 0.507 e. The summed E-state index contributed by atoms with van der Waals surface area (Å²) >= 11 is 0. The lowest BCUT2D eigenvalue weighted by Gasteiger charge is -2.08. The van der Waals surface area contributed by atoms with Gasteiger partial charge in [-0.1, -0.05) is 0 Å². The molecule has 5 heteroatoms. The number of phenolic OH excluding ortho intramolecular Hbond substituents is 1. The van der Waals surface area contributed by atoms with Crippen molar-refractivity contribution >= 4 is 17.4 Å². The summed E-state index contributed by atoms with van der Waals surface area (Å²) in [6.45, 7) is 1.35. The zero-order chi connectivity index (χ0) is 15.4. The summed E-state index contributed by atoms with van der Waals surface area (Å²) in [5, 5.41) is 12.2. The van der Waals surface area contributed by atoms with E-state index in [1.807, 2.05) is 0 Å². The Hall–Kier alpha value is -2.82. The van der Waals surface area contributed by atoms with Crippen LogP contribution in [0.15, 0.2) is 42.5 Å². The predicted octanol–water partition coefficient (Wildman–Crippen LogP) is 2.86. The summed E-state index contributed by atoms with van der Waals surface area (Å²) in [4.78, 5) is 23.4. The summed E-state index contributed by atoms with van der Waals surface area (Å²) in [5.74, 6) is -0.0223. The maximum Gasteiger partial charge on any atom is 0.255 e. The van der Waals surface area contributed by atoms with Crippen molar-refractivity contribution in [3.05, 3.63) is 53.6 Å². The molecule has 2 aromatic rings. The van der Waals surface area contributed by atoms with Crippen molar-refractivity contribution in [2.75, 3.05) is 12.4 Å². The smallest absolute Gasteiger partial charge is 0.255 e. The average Bonchev–Trinajstić information content (AvgIpc) is 2.49. The van der Waals surface area contributed by atoms with E-state index in [4.69, 9.17) is 4.74 Å². The van der Waals surface area contributed by atoms with E-state index in [1.165, 1.54) is 25.1 Å². The quantitative estimate of drug-likeness (QED) is 0.669. The topological polar surface area (TPSA) is 75.6 Å². The van der Waals surface area contributed by atoms with Gasteiger partial charge in [-0.25, -0.2) is 0 Å². The summed E-state index contributed by atoms with van der Waals surface area (Å²) in [7, 11) is 1.55. The van der Waals surface area contributed by atoms with Gasteiger partial charge in [0.05, 0.1) is 12.7 Å². The Morgan fingerprint density at radius 3 is 2.33 bits per heavy atom. The molecule has 2 rings (SSSR count). The molecular weight excluding hydrogens is 270 g/mol. The first-order valence-electron chi connectivity index (χ1n) is 6.30. The number of benzene rings is 2. The van der Waals surface area contributed by atoms with Crippen molar-refractivity contribution in [2.24, 2.45) is 0 Å². The number of amides is 1. The van der Waals surface area contributed by atoms with E-state index >= 15 is 0 Å². The molecule has 0 aliphatic carbocycles. The molecule has 0 atom stereocenters. The van der Waals surface area contributed by atoms with E-state index in [-0.39, 0.29) is 23.0 Å². The van der Waals surface area contributed by atoms with E-state index in [0.29, 0.717) is 17.0 Å². The van der Waals surface area contributed by atoms with Crippen molar-refractivity contribution in [3.8, 4) is 11.5 Å². The lowest BCUT2D eigenvalue weighted by molar-refractivity contribution is 0.100. The number of Topliss-reactive ketones (excluding diaryl/α,β-unsaturated/α-hetero) is 1.